The molecule has 9 nitrogen and oxygen atoms in total. The SMILES string of the molecule is O=C(Cn1nc2n(c1=O)CCCCC2)Nc1ccccc1Cn1cncn1. The van der Waals surface area contributed by atoms with Crippen molar-refractivity contribution < 1.29 is 4.79 Å². The van der Waals surface area contributed by atoms with Crippen molar-refractivity contribution in [2.45, 2.75) is 45.3 Å². The number of amides is 1. The first-order valence-electron chi connectivity index (χ1n) is 9.07. The second-order valence-electron chi connectivity index (χ2n) is 6.62. The summed E-state index contributed by atoms with van der Waals surface area (Å²) in [5.41, 5.74) is 1.38. The van der Waals surface area contributed by atoms with Crippen LogP contribution < -0.4 is 11.0 Å². The molecule has 9 heteroatoms. The van der Waals surface area contributed by atoms with E-state index in [1.54, 1.807) is 15.6 Å². The number of nitrogens with one attached hydrogen (secondary N) is 1. The average Bonchev–Trinajstić information content (AvgIpc) is 3.19. The molecular weight excluding hydrogens is 346 g/mol. The predicted molar refractivity (Wildman–Crippen MR) is 98.2 cm³/mol. The summed E-state index contributed by atoms with van der Waals surface area (Å²) in [6, 6.07) is 7.50. The van der Waals surface area contributed by atoms with Crippen LogP contribution in [0.4, 0.5) is 5.69 Å². The van der Waals surface area contributed by atoms with Crippen molar-refractivity contribution in [2.75, 3.05) is 5.32 Å². The first kappa shape index (κ1) is 17.2. The fourth-order valence-corrected chi connectivity index (χ4v) is 3.32. The number of aromatic nitrogens is 6. The van der Waals surface area contributed by atoms with Crippen molar-refractivity contribution in [1.29, 1.82) is 0 Å². The van der Waals surface area contributed by atoms with E-state index >= 15 is 0 Å². The third-order valence-electron chi connectivity index (χ3n) is 4.67. The van der Waals surface area contributed by atoms with Crippen molar-refractivity contribution in [3.8, 4) is 0 Å². The second kappa shape index (κ2) is 7.56. The van der Waals surface area contributed by atoms with E-state index in [-0.39, 0.29) is 18.1 Å². The van der Waals surface area contributed by atoms with E-state index < -0.39 is 0 Å². The molecule has 0 aliphatic carbocycles. The maximum absolute atomic E-state index is 12.5. The number of benzene rings is 1. The fraction of sp³-hybridized carbons (Fsp3) is 0.389. The van der Waals surface area contributed by atoms with Gasteiger partial charge < -0.3 is 5.32 Å². The zero-order valence-corrected chi connectivity index (χ0v) is 14.9. The largest absolute Gasteiger partial charge is 0.346 e. The van der Waals surface area contributed by atoms with Gasteiger partial charge in [0.05, 0.1) is 6.54 Å². The number of hydrogen-bond acceptors (Lipinski definition) is 5. The lowest BCUT2D eigenvalue weighted by atomic mass is 10.1. The van der Waals surface area contributed by atoms with Crippen LogP contribution >= 0.6 is 0 Å². The highest BCUT2D eigenvalue weighted by molar-refractivity contribution is 5.91. The molecule has 0 saturated heterocycles. The van der Waals surface area contributed by atoms with Gasteiger partial charge in [-0.2, -0.15) is 10.2 Å². The van der Waals surface area contributed by atoms with Crippen LogP contribution in [0.3, 0.4) is 0 Å². The van der Waals surface area contributed by atoms with Crippen LogP contribution in [0, 0.1) is 0 Å². The van der Waals surface area contributed by atoms with Gasteiger partial charge in [0.1, 0.15) is 25.0 Å². The van der Waals surface area contributed by atoms with Crippen molar-refractivity contribution in [3.63, 3.8) is 0 Å². The normalized spacial score (nSPS) is 13.8. The summed E-state index contributed by atoms with van der Waals surface area (Å²) in [4.78, 5) is 28.9. The molecule has 0 radical (unpaired) electrons. The van der Waals surface area contributed by atoms with Crippen LogP contribution in [0.25, 0.3) is 0 Å². The van der Waals surface area contributed by atoms with Crippen molar-refractivity contribution >= 4 is 11.6 Å². The van der Waals surface area contributed by atoms with Crippen molar-refractivity contribution in [2.24, 2.45) is 0 Å². The third-order valence-corrected chi connectivity index (χ3v) is 4.67. The van der Waals surface area contributed by atoms with E-state index in [9.17, 15) is 9.59 Å². The molecule has 0 atom stereocenters. The van der Waals surface area contributed by atoms with Gasteiger partial charge in [-0.25, -0.2) is 19.1 Å². The smallest absolute Gasteiger partial charge is 0.324 e. The van der Waals surface area contributed by atoms with Crippen LogP contribution in [0.15, 0.2) is 41.7 Å². The molecule has 0 saturated carbocycles. The summed E-state index contributed by atoms with van der Waals surface area (Å²) in [6.07, 6.45) is 6.97. The Balaban J connectivity index is 1.48. The van der Waals surface area contributed by atoms with Gasteiger partial charge in [-0.1, -0.05) is 24.6 Å². The molecule has 3 heterocycles. The Bertz CT molecular complexity index is 988. The minimum absolute atomic E-state index is 0.101. The maximum Gasteiger partial charge on any atom is 0.346 e. The van der Waals surface area contributed by atoms with Crippen LogP contribution in [0.2, 0.25) is 0 Å². The van der Waals surface area contributed by atoms with Gasteiger partial charge in [0.25, 0.3) is 0 Å². The highest BCUT2D eigenvalue weighted by Gasteiger charge is 2.17. The minimum Gasteiger partial charge on any atom is -0.324 e. The van der Waals surface area contributed by atoms with E-state index in [4.69, 9.17) is 0 Å². The molecule has 0 fully saturated rings. The molecule has 4 rings (SSSR count). The molecular formula is C18H21N7O2. The minimum atomic E-state index is -0.281. The van der Waals surface area contributed by atoms with Crippen molar-refractivity contribution in [3.05, 3.63) is 58.8 Å². The number of para-hydroxylation sites is 1. The quantitative estimate of drug-likeness (QED) is 0.727. The first-order chi connectivity index (χ1) is 13.2. The summed E-state index contributed by atoms with van der Waals surface area (Å²) in [5, 5.41) is 11.3. The molecule has 0 bridgehead atoms. The van der Waals surface area contributed by atoms with Crippen molar-refractivity contribution in [1.82, 2.24) is 29.1 Å². The Morgan fingerprint density at radius 2 is 2.07 bits per heavy atom. The van der Waals surface area contributed by atoms with Crippen LogP contribution in [-0.2, 0) is 30.8 Å². The Hall–Kier alpha value is -3.23. The van der Waals surface area contributed by atoms with E-state index in [0.717, 1.165) is 37.1 Å². The molecule has 3 aromatic rings. The fourth-order valence-electron chi connectivity index (χ4n) is 3.32. The van der Waals surface area contributed by atoms with Gasteiger partial charge in [0.15, 0.2) is 0 Å². The van der Waals surface area contributed by atoms with Gasteiger partial charge in [-0.05, 0) is 24.5 Å². The zero-order chi connectivity index (χ0) is 18.6. The number of nitrogens with zero attached hydrogens (tertiary/aromatic N) is 6. The molecule has 27 heavy (non-hydrogen) atoms. The molecule has 1 N–H and O–H groups in total. The lowest BCUT2D eigenvalue weighted by molar-refractivity contribution is -0.117. The van der Waals surface area contributed by atoms with Gasteiger partial charge in [0.2, 0.25) is 5.91 Å². The standard InChI is InChI=1S/C18H21N7O2/c26-17(11-25-18(27)24-9-5-1-2-8-16(24)22-25)21-15-7-4-3-6-14(15)10-23-13-19-12-20-23/h3-4,6-7,12-13H,1-2,5,8-11H2,(H,21,26). The number of aryl methyl sites for hydroxylation is 1. The average molecular weight is 367 g/mol. The monoisotopic (exact) mass is 367 g/mol. The maximum atomic E-state index is 12.5. The molecule has 1 aliphatic heterocycles. The number of carbonyl (C=O) groups is 1. The number of anilines is 1. The lowest BCUT2D eigenvalue weighted by Gasteiger charge is -2.11. The number of hydrogen-bond donors (Lipinski definition) is 1. The number of fused-ring (bicyclic) bond motifs is 1. The summed E-state index contributed by atoms with van der Waals surface area (Å²) >= 11 is 0. The van der Waals surface area contributed by atoms with Gasteiger partial charge in [-0.3, -0.25) is 9.36 Å². The van der Waals surface area contributed by atoms with E-state index in [1.165, 1.54) is 11.0 Å². The molecule has 1 aliphatic rings. The number of carbonyl (C=O) groups excluding carboxylic acids is 1. The zero-order valence-electron chi connectivity index (χ0n) is 14.9. The molecule has 2 aromatic heterocycles. The summed E-state index contributed by atoms with van der Waals surface area (Å²) in [5.74, 6) is 0.494. The van der Waals surface area contributed by atoms with E-state index in [0.29, 0.717) is 18.8 Å². The topological polar surface area (TPSA) is 99.6 Å². The van der Waals surface area contributed by atoms with Gasteiger partial charge in [0, 0.05) is 18.7 Å². The Kier molecular flexibility index (Phi) is 4.82. The molecule has 140 valence electrons. The Labute approximate surface area is 155 Å². The second-order valence-corrected chi connectivity index (χ2v) is 6.62. The molecule has 1 amide bonds. The lowest BCUT2D eigenvalue weighted by Crippen LogP contribution is -2.30. The predicted octanol–water partition coefficient (Wildman–Crippen LogP) is 1.05. The number of rotatable bonds is 5. The van der Waals surface area contributed by atoms with Crippen LogP contribution in [0.5, 0.6) is 0 Å². The van der Waals surface area contributed by atoms with E-state index in [2.05, 4.69) is 20.5 Å². The Morgan fingerprint density at radius 1 is 1.19 bits per heavy atom. The van der Waals surface area contributed by atoms with Crippen LogP contribution in [-0.4, -0.2) is 35.0 Å². The summed E-state index contributed by atoms with van der Waals surface area (Å²) in [6.45, 7) is 1.07. The van der Waals surface area contributed by atoms with Gasteiger partial charge in [-0.15, -0.1) is 0 Å². The van der Waals surface area contributed by atoms with Crippen LogP contribution in [0.1, 0.15) is 30.7 Å². The van der Waals surface area contributed by atoms with Gasteiger partial charge >= 0.3 is 5.69 Å². The molecule has 0 spiro atoms. The highest BCUT2D eigenvalue weighted by Crippen LogP contribution is 2.16. The highest BCUT2D eigenvalue weighted by atomic mass is 16.2. The third kappa shape index (κ3) is 3.81. The molecule has 1 aromatic carbocycles. The first-order valence-corrected chi connectivity index (χ1v) is 9.07. The molecule has 0 unspecified atom stereocenters. The Morgan fingerprint density at radius 3 is 2.93 bits per heavy atom. The summed E-state index contributed by atoms with van der Waals surface area (Å²) in [7, 11) is 0. The van der Waals surface area contributed by atoms with E-state index in [1.807, 2.05) is 24.3 Å². The summed E-state index contributed by atoms with van der Waals surface area (Å²) < 4.78 is 4.64.